The van der Waals surface area contributed by atoms with Crippen molar-refractivity contribution >= 4 is 0 Å². The van der Waals surface area contributed by atoms with Crippen LogP contribution < -0.4 is 0 Å². The van der Waals surface area contributed by atoms with Crippen molar-refractivity contribution in [1.82, 2.24) is 0 Å². The van der Waals surface area contributed by atoms with E-state index >= 15 is 0 Å². The van der Waals surface area contributed by atoms with Gasteiger partial charge in [0, 0.05) is 0 Å². The molecule has 0 aromatic rings. The summed E-state index contributed by atoms with van der Waals surface area (Å²) in [6.45, 7) is 2.34. The third kappa shape index (κ3) is 2.08. The molecule has 13 heavy (non-hydrogen) atoms. The van der Waals surface area contributed by atoms with Crippen LogP contribution in [0.15, 0.2) is 0 Å². The molecule has 2 aliphatic carbocycles. The van der Waals surface area contributed by atoms with Crippen LogP contribution in [-0.4, -0.2) is 0 Å². The summed E-state index contributed by atoms with van der Waals surface area (Å²) in [5.41, 5.74) is 0. The quantitative estimate of drug-likeness (QED) is 0.602. The lowest BCUT2D eigenvalue weighted by molar-refractivity contribution is 0.270. The van der Waals surface area contributed by atoms with E-state index in [2.05, 4.69) is 6.92 Å². The molecule has 2 saturated carbocycles. The van der Waals surface area contributed by atoms with Crippen molar-refractivity contribution in [2.24, 2.45) is 11.8 Å². The van der Waals surface area contributed by atoms with Crippen molar-refractivity contribution in [2.45, 2.75) is 64.7 Å². The molecule has 1 radical (unpaired) electrons. The van der Waals surface area contributed by atoms with E-state index in [1.807, 2.05) is 5.92 Å². The largest absolute Gasteiger partial charge is 0.0654 e. The molecule has 0 nitrogen and oxygen atoms in total. The van der Waals surface area contributed by atoms with Gasteiger partial charge in [0.05, 0.1) is 0 Å². The highest BCUT2D eigenvalue weighted by Gasteiger charge is 2.34. The van der Waals surface area contributed by atoms with Gasteiger partial charge in [-0.3, -0.25) is 0 Å². The maximum absolute atomic E-state index is 2.34. The number of hydrogen-bond donors (Lipinski definition) is 0. The molecule has 0 N–H and O–H groups in total. The minimum Gasteiger partial charge on any atom is -0.0654 e. The second-order valence-corrected chi connectivity index (χ2v) is 4.93. The number of rotatable bonds is 4. The SMILES string of the molecule is CCC[C](C1CCCC1)C1CCC1. The third-order valence-electron chi connectivity index (χ3n) is 4.05. The molecule has 0 heterocycles. The van der Waals surface area contributed by atoms with Gasteiger partial charge in [-0.15, -0.1) is 0 Å². The van der Waals surface area contributed by atoms with Gasteiger partial charge in [-0.05, 0) is 49.9 Å². The van der Waals surface area contributed by atoms with E-state index in [0.717, 1.165) is 11.8 Å². The van der Waals surface area contributed by atoms with Crippen LogP contribution in [0, 0.1) is 17.8 Å². The first-order valence-corrected chi connectivity index (χ1v) is 6.27. The van der Waals surface area contributed by atoms with Crippen LogP contribution in [0.1, 0.15) is 64.7 Å². The molecule has 0 spiro atoms. The van der Waals surface area contributed by atoms with Crippen molar-refractivity contribution < 1.29 is 0 Å². The van der Waals surface area contributed by atoms with Gasteiger partial charge in [-0.2, -0.15) is 0 Å². The summed E-state index contributed by atoms with van der Waals surface area (Å²) in [5.74, 6) is 4.08. The lowest BCUT2D eigenvalue weighted by Crippen LogP contribution is -2.25. The molecular formula is C13H23. The smallest absolute Gasteiger partial charge is 0.0179 e. The van der Waals surface area contributed by atoms with Crippen LogP contribution in [0.25, 0.3) is 0 Å². The van der Waals surface area contributed by atoms with Crippen LogP contribution >= 0.6 is 0 Å². The lowest BCUT2D eigenvalue weighted by Gasteiger charge is -2.37. The fraction of sp³-hybridized carbons (Fsp3) is 0.923. The molecule has 2 aliphatic rings. The molecule has 0 amide bonds. The Balaban J connectivity index is 1.86. The van der Waals surface area contributed by atoms with E-state index in [-0.39, 0.29) is 0 Å². The maximum Gasteiger partial charge on any atom is -0.0179 e. The predicted octanol–water partition coefficient (Wildman–Crippen LogP) is 4.35. The van der Waals surface area contributed by atoms with Gasteiger partial charge < -0.3 is 0 Å². The second-order valence-electron chi connectivity index (χ2n) is 4.93. The molecule has 2 fully saturated rings. The van der Waals surface area contributed by atoms with Crippen molar-refractivity contribution in [3.05, 3.63) is 5.92 Å². The first-order valence-electron chi connectivity index (χ1n) is 6.27. The van der Waals surface area contributed by atoms with Gasteiger partial charge >= 0.3 is 0 Å². The average Bonchev–Trinajstić information content (AvgIpc) is 2.51. The van der Waals surface area contributed by atoms with E-state index in [1.165, 1.54) is 57.8 Å². The summed E-state index contributed by atoms with van der Waals surface area (Å²) in [7, 11) is 0. The van der Waals surface area contributed by atoms with Gasteiger partial charge in [0.15, 0.2) is 0 Å². The minimum absolute atomic E-state index is 1.05. The molecule has 0 saturated heterocycles. The van der Waals surface area contributed by atoms with Gasteiger partial charge in [0.2, 0.25) is 0 Å². The van der Waals surface area contributed by atoms with Gasteiger partial charge in [0.25, 0.3) is 0 Å². The molecule has 0 aromatic carbocycles. The Bertz CT molecular complexity index is 140. The molecule has 0 heteroatoms. The van der Waals surface area contributed by atoms with Gasteiger partial charge in [-0.1, -0.05) is 32.6 Å². The monoisotopic (exact) mass is 179 g/mol. The van der Waals surface area contributed by atoms with E-state index in [1.54, 1.807) is 0 Å². The molecular weight excluding hydrogens is 156 g/mol. The summed E-state index contributed by atoms with van der Waals surface area (Å²) < 4.78 is 0. The Morgan fingerprint density at radius 3 is 1.85 bits per heavy atom. The maximum atomic E-state index is 2.34. The normalized spacial score (nSPS) is 25.4. The van der Waals surface area contributed by atoms with E-state index in [9.17, 15) is 0 Å². The Morgan fingerprint density at radius 1 is 0.923 bits per heavy atom. The van der Waals surface area contributed by atoms with Crippen molar-refractivity contribution in [1.29, 1.82) is 0 Å². The molecule has 75 valence electrons. The summed E-state index contributed by atoms with van der Waals surface area (Å²) in [5, 5.41) is 0. The summed E-state index contributed by atoms with van der Waals surface area (Å²) in [6, 6.07) is 0. The van der Waals surface area contributed by atoms with Crippen molar-refractivity contribution in [2.75, 3.05) is 0 Å². The van der Waals surface area contributed by atoms with Crippen LogP contribution in [0.4, 0.5) is 0 Å². The Hall–Kier alpha value is 0. The summed E-state index contributed by atoms with van der Waals surface area (Å²) in [4.78, 5) is 0. The van der Waals surface area contributed by atoms with Gasteiger partial charge in [-0.25, -0.2) is 0 Å². The fourth-order valence-corrected chi connectivity index (χ4v) is 3.11. The van der Waals surface area contributed by atoms with Gasteiger partial charge in [0.1, 0.15) is 0 Å². The zero-order valence-corrected chi connectivity index (χ0v) is 9.02. The van der Waals surface area contributed by atoms with Crippen LogP contribution in [0.3, 0.4) is 0 Å². The van der Waals surface area contributed by atoms with Crippen LogP contribution in [0.2, 0.25) is 0 Å². The molecule has 0 aromatic heterocycles. The Labute approximate surface area is 83.1 Å². The average molecular weight is 179 g/mol. The fourth-order valence-electron chi connectivity index (χ4n) is 3.11. The van der Waals surface area contributed by atoms with Crippen molar-refractivity contribution in [3.63, 3.8) is 0 Å². The van der Waals surface area contributed by atoms with Crippen LogP contribution in [-0.2, 0) is 0 Å². The van der Waals surface area contributed by atoms with E-state index < -0.39 is 0 Å². The third-order valence-corrected chi connectivity index (χ3v) is 4.05. The van der Waals surface area contributed by atoms with E-state index in [0.29, 0.717) is 0 Å². The summed E-state index contributed by atoms with van der Waals surface area (Å²) >= 11 is 0. The lowest BCUT2D eigenvalue weighted by atomic mass is 9.68. The number of hydrogen-bond acceptors (Lipinski definition) is 0. The molecule has 2 rings (SSSR count). The first-order chi connectivity index (χ1) is 6.42. The second kappa shape index (κ2) is 4.48. The Morgan fingerprint density at radius 2 is 1.46 bits per heavy atom. The highest BCUT2D eigenvalue weighted by molar-refractivity contribution is 5.05. The Kier molecular flexibility index (Phi) is 3.29. The summed E-state index contributed by atoms with van der Waals surface area (Å²) in [6.07, 6.45) is 13.4. The van der Waals surface area contributed by atoms with Crippen LogP contribution in [0.5, 0.6) is 0 Å². The predicted molar refractivity (Wildman–Crippen MR) is 57.5 cm³/mol. The minimum atomic E-state index is 1.05. The first kappa shape index (κ1) is 9.55. The zero-order valence-electron chi connectivity index (χ0n) is 9.02. The molecule has 0 bridgehead atoms. The molecule has 0 atom stereocenters. The topological polar surface area (TPSA) is 0 Å². The molecule has 0 aliphatic heterocycles. The van der Waals surface area contributed by atoms with E-state index in [4.69, 9.17) is 0 Å². The zero-order chi connectivity index (χ0) is 9.10. The highest BCUT2D eigenvalue weighted by atomic mass is 14.4. The van der Waals surface area contributed by atoms with Crippen molar-refractivity contribution in [3.8, 4) is 0 Å². The molecule has 0 unspecified atom stereocenters. The standard InChI is InChI=1S/C13H23/c1-2-6-13(12-9-5-10-12)11-7-3-4-8-11/h11-12H,2-10H2,1H3. The highest BCUT2D eigenvalue weighted by Crippen LogP contribution is 2.46.